The van der Waals surface area contributed by atoms with Gasteiger partial charge in [-0.3, -0.25) is 14.6 Å². The summed E-state index contributed by atoms with van der Waals surface area (Å²) in [5.41, 5.74) is 0.373. The van der Waals surface area contributed by atoms with Crippen molar-refractivity contribution in [3.63, 3.8) is 0 Å². The van der Waals surface area contributed by atoms with Crippen molar-refractivity contribution in [2.75, 3.05) is 0 Å². The van der Waals surface area contributed by atoms with E-state index in [1.54, 1.807) is 13.8 Å². The van der Waals surface area contributed by atoms with Crippen LogP contribution in [0.4, 0.5) is 13.2 Å². The number of amides is 1. The van der Waals surface area contributed by atoms with Crippen LogP contribution in [0.1, 0.15) is 53.5 Å². The molecule has 7 heteroatoms. The van der Waals surface area contributed by atoms with Crippen LogP contribution in [0.15, 0.2) is 42.6 Å². The molecule has 0 unspecified atom stereocenters. The van der Waals surface area contributed by atoms with E-state index < -0.39 is 23.7 Å². The molecule has 0 aliphatic carbocycles. The summed E-state index contributed by atoms with van der Waals surface area (Å²) in [6.45, 7) is 3.35. The fourth-order valence-corrected chi connectivity index (χ4v) is 2.39. The van der Waals surface area contributed by atoms with Crippen LogP contribution < -0.4 is 5.32 Å². The first-order chi connectivity index (χ1) is 12.2. The quantitative estimate of drug-likeness (QED) is 0.839. The van der Waals surface area contributed by atoms with Gasteiger partial charge in [0, 0.05) is 30.3 Å². The predicted octanol–water partition coefficient (Wildman–Crippen LogP) is 4.11. The average molecular weight is 364 g/mol. The molecule has 138 valence electrons. The highest BCUT2D eigenvalue weighted by atomic mass is 19.4. The molecule has 0 aliphatic rings. The molecule has 1 atom stereocenters. The van der Waals surface area contributed by atoms with E-state index >= 15 is 0 Å². The molecule has 26 heavy (non-hydrogen) atoms. The van der Waals surface area contributed by atoms with Crippen molar-refractivity contribution in [2.45, 2.75) is 38.9 Å². The number of carbonyl (C=O) groups excluding carboxylic acids is 2. The van der Waals surface area contributed by atoms with Crippen molar-refractivity contribution < 1.29 is 22.8 Å². The number of halogens is 3. The molecule has 0 saturated carbocycles. The van der Waals surface area contributed by atoms with Gasteiger partial charge in [0.1, 0.15) is 5.78 Å². The minimum Gasteiger partial charge on any atom is -0.346 e. The lowest BCUT2D eigenvalue weighted by atomic mass is 10.0. The van der Waals surface area contributed by atoms with Gasteiger partial charge in [-0.15, -0.1) is 0 Å². The molecule has 2 rings (SSSR count). The summed E-state index contributed by atoms with van der Waals surface area (Å²) in [5.74, 6) is -0.435. The fraction of sp³-hybridized carbons (Fsp3) is 0.316. The molecule has 0 fully saturated rings. The smallest absolute Gasteiger partial charge is 0.346 e. The second kappa shape index (κ2) is 8.12. The van der Waals surface area contributed by atoms with E-state index in [2.05, 4.69) is 10.3 Å². The maximum Gasteiger partial charge on any atom is 0.416 e. The molecule has 0 spiro atoms. The van der Waals surface area contributed by atoms with Crippen molar-refractivity contribution in [3.8, 4) is 0 Å². The molecular formula is C19H19F3N2O2. The monoisotopic (exact) mass is 364 g/mol. The van der Waals surface area contributed by atoms with E-state index in [0.29, 0.717) is 23.2 Å². The number of rotatable bonds is 6. The van der Waals surface area contributed by atoms with Crippen LogP contribution in [0, 0.1) is 0 Å². The second-order valence-electron chi connectivity index (χ2n) is 5.92. The van der Waals surface area contributed by atoms with Crippen molar-refractivity contribution in [1.29, 1.82) is 0 Å². The SMILES string of the molecule is CCC(=O)Cc1cc(C(=O)N[C@H](C)c2cccc(C(F)(F)F)c2)ccn1. The Labute approximate surface area is 149 Å². The Balaban J connectivity index is 2.12. The Hall–Kier alpha value is -2.70. The molecule has 4 nitrogen and oxygen atoms in total. The third-order valence-electron chi connectivity index (χ3n) is 3.91. The van der Waals surface area contributed by atoms with Gasteiger partial charge in [-0.2, -0.15) is 13.2 Å². The van der Waals surface area contributed by atoms with Crippen LogP contribution in [0.5, 0.6) is 0 Å². The van der Waals surface area contributed by atoms with E-state index in [-0.39, 0.29) is 12.2 Å². The van der Waals surface area contributed by atoms with Gasteiger partial charge in [0.25, 0.3) is 5.91 Å². The molecule has 1 amide bonds. The number of carbonyl (C=O) groups is 2. The summed E-state index contributed by atoms with van der Waals surface area (Å²) in [6, 6.07) is 7.23. The Morgan fingerprint density at radius 1 is 1.19 bits per heavy atom. The Kier molecular flexibility index (Phi) is 6.13. The first-order valence-corrected chi connectivity index (χ1v) is 8.15. The van der Waals surface area contributed by atoms with Gasteiger partial charge in [0.15, 0.2) is 0 Å². The number of nitrogens with zero attached hydrogens (tertiary/aromatic N) is 1. The molecule has 0 bridgehead atoms. The predicted molar refractivity (Wildman–Crippen MR) is 90.6 cm³/mol. The summed E-state index contributed by atoms with van der Waals surface area (Å²) in [5, 5.41) is 2.67. The molecule has 0 aliphatic heterocycles. The van der Waals surface area contributed by atoms with E-state index in [0.717, 1.165) is 12.1 Å². The first kappa shape index (κ1) is 19.6. The average Bonchev–Trinajstić information content (AvgIpc) is 2.61. The van der Waals surface area contributed by atoms with E-state index in [1.165, 1.54) is 30.5 Å². The number of benzene rings is 1. The van der Waals surface area contributed by atoms with Crippen LogP contribution in [0.2, 0.25) is 0 Å². The second-order valence-corrected chi connectivity index (χ2v) is 5.92. The molecule has 1 aromatic heterocycles. The summed E-state index contributed by atoms with van der Waals surface area (Å²) in [7, 11) is 0. The fourth-order valence-electron chi connectivity index (χ4n) is 2.39. The topological polar surface area (TPSA) is 59.1 Å². The zero-order valence-electron chi connectivity index (χ0n) is 14.4. The first-order valence-electron chi connectivity index (χ1n) is 8.15. The molecule has 1 N–H and O–H groups in total. The van der Waals surface area contributed by atoms with Gasteiger partial charge >= 0.3 is 6.18 Å². The number of aromatic nitrogens is 1. The zero-order chi connectivity index (χ0) is 19.3. The molecular weight excluding hydrogens is 345 g/mol. The summed E-state index contributed by atoms with van der Waals surface area (Å²) < 4.78 is 38.4. The third kappa shape index (κ3) is 5.15. The minimum atomic E-state index is -4.44. The number of ketones is 1. The van der Waals surface area contributed by atoms with Crippen LogP contribution >= 0.6 is 0 Å². The number of alkyl halides is 3. The van der Waals surface area contributed by atoms with Crippen molar-refractivity contribution in [3.05, 3.63) is 65.0 Å². The van der Waals surface area contributed by atoms with E-state index in [1.807, 2.05) is 0 Å². The van der Waals surface area contributed by atoms with Crippen molar-refractivity contribution in [1.82, 2.24) is 10.3 Å². The highest BCUT2D eigenvalue weighted by molar-refractivity contribution is 5.94. The summed E-state index contributed by atoms with van der Waals surface area (Å²) in [4.78, 5) is 27.9. The normalized spacial score (nSPS) is 12.5. The summed E-state index contributed by atoms with van der Waals surface area (Å²) >= 11 is 0. The molecule has 1 aromatic carbocycles. The van der Waals surface area contributed by atoms with Crippen LogP contribution in [-0.2, 0) is 17.4 Å². The van der Waals surface area contributed by atoms with Gasteiger partial charge < -0.3 is 5.32 Å². The van der Waals surface area contributed by atoms with Gasteiger partial charge in [0.05, 0.1) is 11.6 Å². The molecule has 0 radical (unpaired) electrons. The van der Waals surface area contributed by atoms with Gasteiger partial charge in [-0.25, -0.2) is 0 Å². The van der Waals surface area contributed by atoms with Gasteiger partial charge in [-0.1, -0.05) is 19.1 Å². The van der Waals surface area contributed by atoms with E-state index in [4.69, 9.17) is 0 Å². The Morgan fingerprint density at radius 3 is 2.58 bits per heavy atom. The molecule has 2 aromatic rings. The van der Waals surface area contributed by atoms with Crippen molar-refractivity contribution >= 4 is 11.7 Å². The number of hydrogen-bond donors (Lipinski definition) is 1. The summed E-state index contributed by atoms with van der Waals surface area (Å²) in [6.07, 6.45) is -2.49. The maximum absolute atomic E-state index is 12.8. The van der Waals surface area contributed by atoms with Gasteiger partial charge in [0.2, 0.25) is 0 Å². The lowest BCUT2D eigenvalue weighted by Gasteiger charge is -2.16. The van der Waals surface area contributed by atoms with Gasteiger partial charge in [-0.05, 0) is 36.8 Å². The van der Waals surface area contributed by atoms with Crippen molar-refractivity contribution in [2.24, 2.45) is 0 Å². The van der Waals surface area contributed by atoms with E-state index in [9.17, 15) is 22.8 Å². The highest BCUT2D eigenvalue weighted by Gasteiger charge is 2.30. The molecule has 1 heterocycles. The largest absolute Gasteiger partial charge is 0.416 e. The number of nitrogens with one attached hydrogen (secondary N) is 1. The zero-order valence-corrected chi connectivity index (χ0v) is 14.4. The highest BCUT2D eigenvalue weighted by Crippen LogP contribution is 2.30. The third-order valence-corrected chi connectivity index (χ3v) is 3.91. The lowest BCUT2D eigenvalue weighted by molar-refractivity contribution is -0.137. The number of pyridine rings is 1. The minimum absolute atomic E-state index is 0.00684. The Bertz CT molecular complexity index is 803. The number of Topliss-reactive ketones (excluding diaryl/α,β-unsaturated/α-hetero) is 1. The number of hydrogen-bond acceptors (Lipinski definition) is 3. The molecule has 0 saturated heterocycles. The van der Waals surface area contributed by atoms with Crippen LogP contribution in [-0.4, -0.2) is 16.7 Å². The van der Waals surface area contributed by atoms with Crippen LogP contribution in [0.3, 0.4) is 0 Å². The standard InChI is InChI=1S/C19H19F3N2O2/c1-3-17(25)11-16-10-14(7-8-23-16)18(26)24-12(2)13-5-4-6-15(9-13)19(20,21)22/h4-10,12H,3,11H2,1-2H3,(H,24,26)/t12-/m1/s1. The Morgan fingerprint density at radius 2 is 1.92 bits per heavy atom. The maximum atomic E-state index is 12.8. The lowest BCUT2D eigenvalue weighted by Crippen LogP contribution is -2.27. The van der Waals surface area contributed by atoms with Crippen LogP contribution in [0.25, 0.3) is 0 Å².